The van der Waals surface area contributed by atoms with Gasteiger partial charge in [0.15, 0.2) is 0 Å². The quantitative estimate of drug-likeness (QED) is 0.902. The third-order valence-electron chi connectivity index (χ3n) is 4.65. The van der Waals surface area contributed by atoms with Gasteiger partial charge in [-0.2, -0.15) is 5.10 Å². The summed E-state index contributed by atoms with van der Waals surface area (Å²) in [6, 6.07) is 1.80. The summed E-state index contributed by atoms with van der Waals surface area (Å²) in [5.74, 6) is 0.393. The fourth-order valence-corrected chi connectivity index (χ4v) is 3.24. The second-order valence-corrected chi connectivity index (χ2v) is 7.74. The minimum Gasteiger partial charge on any atom is -0.391 e. The topological polar surface area (TPSA) is 67.2 Å². The predicted molar refractivity (Wildman–Crippen MR) is 84.9 cm³/mol. The molecule has 3 rings (SSSR count). The number of nitrogens with one attached hydrogen (secondary N) is 1. The number of carbonyl (C=O) groups is 1. The lowest BCUT2D eigenvalue weighted by atomic mass is 9.92. The molecule has 0 bridgehead atoms. The largest absolute Gasteiger partial charge is 0.391 e. The molecule has 1 aromatic heterocycles. The van der Waals surface area contributed by atoms with Crippen LogP contribution in [0.5, 0.6) is 0 Å². The number of aromatic nitrogens is 2. The van der Waals surface area contributed by atoms with Crippen LogP contribution in [0.2, 0.25) is 0 Å². The fraction of sp³-hybridized carbons (Fsp3) is 0.765. The molecular formula is C17H27N3O2. The van der Waals surface area contributed by atoms with Gasteiger partial charge in [0, 0.05) is 11.6 Å². The molecule has 5 nitrogen and oxygen atoms in total. The predicted octanol–water partition coefficient (Wildman–Crippen LogP) is 2.55. The summed E-state index contributed by atoms with van der Waals surface area (Å²) in [5.41, 5.74) is 1.53. The fourth-order valence-electron chi connectivity index (χ4n) is 3.24. The molecule has 2 fully saturated rings. The summed E-state index contributed by atoms with van der Waals surface area (Å²) in [7, 11) is 0. The molecule has 122 valence electrons. The van der Waals surface area contributed by atoms with Crippen LogP contribution in [0.3, 0.4) is 0 Å². The molecular weight excluding hydrogens is 278 g/mol. The first-order valence-electron chi connectivity index (χ1n) is 8.45. The maximum Gasteiger partial charge on any atom is 0.272 e. The van der Waals surface area contributed by atoms with E-state index in [0.717, 1.165) is 25.7 Å². The molecule has 2 N–H and O–H groups in total. The van der Waals surface area contributed by atoms with E-state index in [4.69, 9.17) is 0 Å². The van der Waals surface area contributed by atoms with Gasteiger partial charge in [0.1, 0.15) is 5.69 Å². The number of aliphatic hydroxyl groups excluding tert-OH is 1. The van der Waals surface area contributed by atoms with Gasteiger partial charge < -0.3 is 10.4 Å². The molecule has 0 aliphatic heterocycles. The summed E-state index contributed by atoms with van der Waals surface area (Å²) in [5, 5.41) is 17.5. The van der Waals surface area contributed by atoms with Crippen LogP contribution in [-0.2, 0) is 5.54 Å². The van der Waals surface area contributed by atoms with Crippen molar-refractivity contribution in [2.45, 2.75) is 82.9 Å². The molecule has 22 heavy (non-hydrogen) atoms. The first-order valence-corrected chi connectivity index (χ1v) is 8.45. The molecule has 2 saturated carbocycles. The van der Waals surface area contributed by atoms with Crippen molar-refractivity contribution in [2.75, 3.05) is 0 Å². The van der Waals surface area contributed by atoms with Crippen molar-refractivity contribution in [2.24, 2.45) is 0 Å². The zero-order valence-corrected chi connectivity index (χ0v) is 13.8. The van der Waals surface area contributed by atoms with Gasteiger partial charge in [-0.25, -0.2) is 0 Å². The minimum absolute atomic E-state index is 0.124. The van der Waals surface area contributed by atoms with Gasteiger partial charge in [0.05, 0.1) is 17.7 Å². The van der Waals surface area contributed by atoms with Crippen LogP contribution in [0.1, 0.15) is 81.4 Å². The van der Waals surface area contributed by atoms with E-state index in [1.807, 2.05) is 10.7 Å². The molecule has 2 atom stereocenters. The molecule has 0 spiro atoms. The zero-order chi connectivity index (χ0) is 15.9. The highest BCUT2D eigenvalue weighted by Crippen LogP contribution is 2.41. The minimum atomic E-state index is -0.426. The number of hydrogen-bond donors (Lipinski definition) is 2. The van der Waals surface area contributed by atoms with Gasteiger partial charge in [-0.15, -0.1) is 0 Å². The second-order valence-electron chi connectivity index (χ2n) is 7.74. The maximum absolute atomic E-state index is 12.5. The van der Waals surface area contributed by atoms with E-state index >= 15 is 0 Å². The summed E-state index contributed by atoms with van der Waals surface area (Å²) in [6.07, 6.45) is 5.67. The average molecular weight is 305 g/mol. The van der Waals surface area contributed by atoms with E-state index in [-0.39, 0.29) is 17.5 Å². The van der Waals surface area contributed by atoms with Crippen molar-refractivity contribution in [1.29, 1.82) is 0 Å². The number of aliphatic hydroxyl groups is 1. The van der Waals surface area contributed by atoms with E-state index in [9.17, 15) is 9.90 Å². The van der Waals surface area contributed by atoms with E-state index in [0.29, 0.717) is 11.6 Å². The Bertz CT molecular complexity index is 555. The van der Waals surface area contributed by atoms with Crippen molar-refractivity contribution in [3.8, 4) is 0 Å². The number of amides is 1. The highest BCUT2D eigenvalue weighted by Gasteiger charge is 2.33. The van der Waals surface area contributed by atoms with Crippen LogP contribution in [0.25, 0.3) is 0 Å². The molecule has 2 aliphatic rings. The number of nitrogens with zero attached hydrogens (tertiary/aromatic N) is 2. The molecule has 1 aromatic rings. The molecule has 0 radical (unpaired) electrons. The zero-order valence-electron chi connectivity index (χ0n) is 13.8. The van der Waals surface area contributed by atoms with Gasteiger partial charge in [-0.3, -0.25) is 9.48 Å². The lowest BCUT2D eigenvalue weighted by Gasteiger charge is -2.28. The standard InChI is InChI=1S/C17H27N3O2/c1-17(2,3)20-14(11-8-9-11)10-13(19-20)16(22)18-12-6-4-5-7-15(12)21/h10-12,15,21H,4-9H2,1-3H3,(H,18,22). The highest BCUT2D eigenvalue weighted by molar-refractivity contribution is 5.92. The summed E-state index contributed by atoms with van der Waals surface area (Å²) in [6.45, 7) is 6.33. The van der Waals surface area contributed by atoms with E-state index < -0.39 is 6.10 Å². The number of carbonyl (C=O) groups excluding carboxylic acids is 1. The van der Waals surface area contributed by atoms with E-state index in [2.05, 4.69) is 31.2 Å². The molecule has 1 heterocycles. The Morgan fingerprint density at radius 3 is 2.55 bits per heavy atom. The molecule has 0 aromatic carbocycles. The van der Waals surface area contributed by atoms with E-state index in [1.54, 1.807) is 0 Å². The Balaban J connectivity index is 1.77. The first-order chi connectivity index (χ1) is 10.4. The second kappa shape index (κ2) is 5.69. The SMILES string of the molecule is CC(C)(C)n1nc(C(=O)NC2CCCCC2O)cc1C1CC1. The Morgan fingerprint density at radius 2 is 1.95 bits per heavy atom. The monoisotopic (exact) mass is 305 g/mol. The normalized spacial score (nSPS) is 26.0. The molecule has 5 heteroatoms. The summed E-state index contributed by atoms with van der Waals surface area (Å²) < 4.78 is 2.00. The van der Waals surface area contributed by atoms with Crippen molar-refractivity contribution in [1.82, 2.24) is 15.1 Å². The molecule has 2 unspecified atom stereocenters. The lowest BCUT2D eigenvalue weighted by molar-refractivity contribution is 0.0712. The highest BCUT2D eigenvalue weighted by atomic mass is 16.3. The first kappa shape index (κ1) is 15.5. The van der Waals surface area contributed by atoms with Crippen LogP contribution < -0.4 is 5.32 Å². The third-order valence-corrected chi connectivity index (χ3v) is 4.65. The summed E-state index contributed by atoms with van der Waals surface area (Å²) in [4.78, 5) is 12.5. The van der Waals surface area contributed by atoms with Gasteiger partial charge in [-0.1, -0.05) is 12.8 Å². The lowest BCUT2D eigenvalue weighted by Crippen LogP contribution is -2.45. The Morgan fingerprint density at radius 1 is 1.27 bits per heavy atom. The van der Waals surface area contributed by atoms with Crippen molar-refractivity contribution < 1.29 is 9.90 Å². The van der Waals surface area contributed by atoms with E-state index in [1.165, 1.54) is 18.5 Å². The van der Waals surface area contributed by atoms with Crippen molar-refractivity contribution in [3.05, 3.63) is 17.5 Å². The maximum atomic E-state index is 12.5. The van der Waals surface area contributed by atoms with Gasteiger partial charge >= 0.3 is 0 Å². The third kappa shape index (κ3) is 3.19. The van der Waals surface area contributed by atoms with Crippen LogP contribution >= 0.6 is 0 Å². The number of hydrogen-bond acceptors (Lipinski definition) is 3. The molecule has 2 aliphatic carbocycles. The molecule has 0 saturated heterocycles. The average Bonchev–Trinajstić information content (AvgIpc) is 3.18. The van der Waals surface area contributed by atoms with Crippen LogP contribution in [-0.4, -0.2) is 32.9 Å². The van der Waals surface area contributed by atoms with Crippen molar-refractivity contribution >= 4 is 5.91 Å². The van der Waals surface area contributed by atoms with Gasteiger partial charge in [0.25, 0.3) is 5.91 Å². The van der Waals surface area contributed by atoms with Crippen LogP contribution in [0, 0.1) is 0 Å². The Hall–Kier alpha value is -1.36. The van der Waals surface area contributed by atoms with Gasteiger partial charge in [0.2, 0.25) is 0 Å². The van der Waals surface area contributed by atoms with Crippen LogP contribution in [0.15, 0.2) is 6.07 Å². The number of rotatable bonds is 3. The Kier molecular flexibility index (Phi) is 4.02. The smallest absolute Gasteiger partial charge is 0.272 e. The van der Waals surface area contributed by atoms with Gasteiger partial charge in [-0.05, 0) is 52.5 Å². The molecule has 1 amide bonds. The summed E-state index contributed by atoms with van der Waals surface area (Å²) >= 11 is 0. The Labute approximate surface area is 132 Å². The van der Waals surface area contributed by atoms with Crippen LogP contribution in [0.4, 0.5) is 0 Å². The van der Waals surface area contributed by atoms with Crippen molar-refractivity contribution in [3.63, 3.8) is 0 Å².